The average molecular weight is 305 g/mol. The van der Waals surface area contributed by atoms with Crippen molar-refractivity contribution in [2.75, 3.05) is 13.1 Å². The van der Waals surface area contributed by atoms with Crippen molar-refractivity contribution in [1.29, 1.82) is 0 Å². The van der Waals surface area contributed by atoms with Crippen molar-refractivity contribution < 1.29 is 8.42 Å². The van der Waals surface area contributed by atoms with Crippen molar-refractivity contribution in [2.24, 2.45) is 13.0 Å². The minimum absolute atomic E-state index is 0.323. The molecule has 19 heavy (non-hydrogen) atoms. The Bertz CT molecular complexity index is 539. The van der Waals surface area contributed by atoms with Gasteiger partial charge in [-0.05, 0) is 24.8 Å². The second-order valence-electron chi connectivity index (χ2n) is 5.19. The Morgan fingerprint density at radius 3 is 2.79 bits per heavy atom. The van der Waals surface area contributed by atoms with Gasteiger partial charge in [0.25, 0.3) is 0 Å². The summed E-state index contributed by atoms with van der Waals surface area (Å²) in [7, 11) is -1.54. The largest absolute Gasteiger partial charge is 0.352 e. The molecule has 0 radical (unpaired) electrons. The van der Waals surface area contributed by atoms with Gasteiger partial charge in [0.15, 0.2) is 0 Å². The molecule has 6 heteroatoms. The van der Waals surface area contributed by atoms with Gasteiger partial charge in [0.05, 0.1) is 5.88 Å². The molecule has 1 aliphatic heterocycles. The molecular formula is C13H21ClN2O2S. The Kier molecular flexibility index (Phi) is 4.58. The second kappa shape index (κ2) is 5.85. The third-order valence-electron chi connectivity index (χ3n) is 3.92. The number of nitrogens with zero attached hydrogens (tertiary/aromatic N) is 2. The Morgan fingerprint density at radius 1 is 1.47 bits per heavy atom. The van der Waals surface area contributed by atoms with Crippen molar-refractivity contribution >= 4 is 21.6 Å². The minimum atomic E-state index is -3.36. The molecule has 2 rings (SSSR count). The summed E-state index contributed by atoms with van der Waals surface area (Å²) in [6, 6.07) is 1.68. The lowest BCUT2D eigenvalue weighted by atomic mass is 9.97. The summed E-state index contributed by atoms with van der Waals surface area (Å²) in [5, 5.41) is 0. The number of aromatic nitrogens is 1. The van der Waals surface area contributed by atoms with E-state index in [0.717, 1.165) is 25.0 Å². The smallest absolute Gasteiger partial charge is 0.244 e. The molecule has 108 valence electrons. The Morgan fingerprint density at radius 2 is 2.21 bits per heavy atom. The van der Waals surface area contributed by atoms with E-state index in [1.165, 1.54) is 0 Å². The molecular weight excluding hydrogens is 284 g/mol. The first-order valence-electron chi connectivity index (χ1n) is 6.70. The first-order valence-corrected chi connectivity index (χ1v) is 8.67. The van der Waals surface area contributed by atoms with Crippen LogP contribution in [-0.4, -0.2) is 30.4 Å². The van der Waals surface area contributed by atoms with E-state index >= 15 is 0 Å². The van der Waals surface area contributed by atoms with Crippen LogP contribution in [0, 0.1) is 5.92 Å². The maximum Gasteiger partial charge on any atom is 0.244 e. The van der Waals surface area contributed by atoms with Crippen LogP contribution in [0.5, 0.6) is 0 Å². The van der Waals surface area contributed by atoms with Gasteiger partial charge < -0.3 is 4.57 Å². The summed E-state index contributed by atoms with van der Waals surface area (Å²) >= 11 is 5.80. The van der Waals surface area contributed by atoms with E-state index < -0.39 is 10.0 Å². The highest BCUT2D eigenvalue weighted by molar-refractivity contribution is 7.89. The number of rotatable bonds is 4. The van der Waals surface area contributed by atoms with E-state index in [4.69, 9.17) is 11.6 Å². The van der Waals surface area contributed by atoms with Gasteiger partial charge in [0, 0.05) is 32.0 Å². The summed E-state index contributed by atoms with van der Waals surface area (Å²) in [5.74, 6) is 0.809. The molecule has 0 aromatic carbocycles. The van der Waals surface area contributed by atoms with Crippen LogP contribution >= 0.6 is 11.6 Å². The zero-order valence-corrected chi connectivity index (χ0v) is 13.0. The molecule has 1 fully saturated rings. The minimum Gasteiger partial charge on any atom is -0.352 e. The van der Waals surface area contributed by atoms with Crippen LogP contribution in [0.1, 0.15) is 31.9 Å². The Labute approximate surface area is 120 Å². The van der Waals surface area contributed by atoms with Crippen molar-refractivity contribution in [2.45, 2.75) is 37.0 Å². The van der Waals surface area contributed by atoms with Crippen LogP contribution in [0.3, 0.4) is 0 Å². The number of sulfonamides is 1. The zero-order valence-electron chi connectivity index (χ0n) is 11.5. The summed E-state index contributed by atoms with van der Waals surface area (Å²) in [6.07, 6.45) is 4.77. The van der Waals surface area contributed by atoms with Crippen LogP contribution in [0.4, 0.5) is 0 Å². The zero-order chi connectivity index (χ0) is 14.0. The van der Waals surface area contributed by atoms with Gasteiger partial charge in [-0.25, -0.2) is 8.42 Å². The SMILES string of the molecule is CCC1CCCN(S(=O)(=O)c2cc(CCl)n(C)c2)C1. The molecule has 1 atom stereocenters. The van der Waals surface area contributed by atoms with E-state index in [-0.39, 0.29) is 0 Å². The molecule has 1 saturated heterocycles. The Balaban J connectivity index is 2.25. The molecule has 4 nitrogen and oxygen atoms in total. The van der Waals surface area contributed by atoms with Crippen LogP contribution < -0.4 is 0 Å². The molecule has 1 unspecified atom stereocenters. The molecule has 0 N–H and O–H groups in total. The number of piperidine rings is 1. The standard InChI is InChI=1S/C13H21ClN2O2S/c1-3-11-5-4-6-16(9-11)19(17,18)13-7-12(8-14)15(2)10-13/h7,10-11H,3-6,8-9H2,1-2H3. The van der Waals surface area contributed by atoms with E-state index in [0.29, 0.717) is 29.8 Å². The van der Waals surface area contributed by atoms with Gasteiger partial charge in [-0.3, -0.25) is 0 Å². The van der Waals surface area contributed by atoms with E-state index in [9.17, 15) is 8.42 Å². The van der Waals surface area contributed by atoms with E-state index in [1.807, 2.05) is 7.05 Å². The first-order chi connectivity index (χ1) is 8.98. The monoisotopic (exact) mass is 304 g/mol. The molecule has 0 bridgehead atoms. The molecule has 0 saturated carbocycles. The molecule has 1 aromatic heterocycles. The maximum absolute atomic E-state index is 12.6. The van der Waals surface area contributed by atoms with Crippen molar-refractivity contribution in [3.63, 3.8) is 0 Å². The Hall–Kier alpha value is -0.520. The lowest BCUT2D eigenvalue weighted by Gasteiger charge is -2.31. The fraction of sp³-hybridized carbons (Fsp3) is 0.692. The highest BCUT2D eigenvalue weighted by Crippen LogP contribution is 2.26. The normalized spacial score (nSPS) is 21.7. The number of halogens is 1. The summed E-state index contributed by atoms with van der Waals surface area (Å²) in [5.41, 5.74) is 0.823. The highest BCUT2D eigenvalue weighted by atomic mass is 35.5. The fourth-order valence-electron chi connectivity index (χ4n) is 2.58. The van der Waals surface area contributed by atoms with E-state index in [1.54, 1.807) is 21.1 Å². The van der Waals surface area contributed by atoms with Crippen LogP contribution in [0.25, 0.3) is 0 Å². The van der Waals surface area contributed by atoms with Crippen LogP contribution in [0.15, 0.2) is 17.2 Å². The van der Waals surface area contributed by atoms with Gasteiger partial charge in [0.1, 0.15) is 4.90 Å². The van der Waals surface area contributed by atoms with Crippen molar-refractivity contribution in [3.05, 3.63) is 18.0 Å². The number of hydrogen-bond donors (Lipinski definition) is 0. The van der Waals surface area contributed by atoms with Crippen molar-refractivity contribution in [3.8, 4) is 0 Å². The topological polar surface area (TPSA) is 42.3 Å². The second-order valence-corrected chi connectivity index (χ2v) is 7.40. The number of hydrogen-bond acceptors (Lipinski definition) is 2. The van der Waals surface area contributed by atoms with Crippen LogP contribution in [0.2, 0.25) is 0 Å². The summed E-state index contributed by atoms with van der Waals surface area (Å²) < 4.78 is 28.6. The molecule has 0 amide bonds. The van der Waals surface area contributed by atoms with Crippen molar-refractivity contribution in [1.82, 2.24) is 8.87 Å². The van der Waals surface area contributed by atoms with Crippen LogP contribution in [-0.2, 0) is 23.0 Å². The van der Waals surface area contributed by atoms with E-state index in [2.05, 4.69) is 6.92 Å². The van der Waals surface area contributed by atoms with Gasteiger partial charge in [-0.2, -0.15) is 4.31 Å². The number of aryl methyl sites for hydroxylation is 1. The summed E-state index contributed by atoms with van der Waals surface area (Å²) in [6.45, 7) is 3.39. The lowest BCUT2D eigenvalue weighted by Crippen LogP contribution is -2.39. The maximum atomic E-state index is 12.6. The molecule has 1 aliphatic rings. The number of alkyl halides is 1. The third kappa shape index (κ3) is 2.98. The first kappa shape index (κ1) is 14.9. The van der Waals surface area contributed by atoms with Gasteiger partial charge in [-0.1, -0.05) is 13.3 Å². The molecule has 1 aromatic rings. The van der Waals surface area contributed by atoms with Gasteiger partial charge in [0.2, 0.25) is 10.0 Å². The summed E-state index contributed by atoms with van der Waals surface area (Å²) in [4.78, 5) is 0.363. The molecule has 2 heterocycles. The predicted molar refractivity (Wildman–Crippen MR) is 76.7 cm³/mol. The van der Waals surface area contributed by atoms with Gasteiger partial charge in [-0.15, -0.1) is 11.6 Å². The molecule has 0 spiro atoms. The average Bonchev–Trinajstić information content (AvgIpc) is 2.80. The van der Waals surface area contributed by atoms with Gasteiger partial charge >= 0.3 is 0 Å². The fourth-order valence-corrected chi connectivity index (χ4v) is 4.50. The third-order valence-corrected chi connectivity index (χ3v) is 6.02. The highest BCUT2D eigenvalue weighted by Gasteiger charge is 2.30. The molecule has 0 aliphatic carbocycles. The predicted octanol–water partition coefficient (Wildman–Crippen LogP) is 2.57. The quantitative estimate of drug-likeness (QED) is 0.802. The lowest BCUT2D eigenvalue weighted by molar-refractivity contribution is 0.261.